The van der Waals surface area contributed by atoms with E-state index in [0.29, 0.717) is 6.54 Å². The van der Waals surface area contributed by atoms with E-state index in [4.69, 9.17) is 5.73 Å². The van der Waals surface area contributed by atoms with Crippen LogP contribution in [0.15, 0.2) is 18.3 Å². The fourth-order valence-corrected chi connectivity index (χ4v) is 2.73. The molecule has 0 radical (unpaired) electrons. The van der Waals surface area contributed by atoms with Gasteiger partial charge in [-0.2, -0.15) is 0 Å². The summed E-state index contributed by atoms with van der Waals surface area (Å²) < 4.78 is 0. The van der Waals surface area contributed by atoms with Crippen LogP contribution in [0.1, 0.15) is 26.0 Å². The van der Waals surface area contributed by atoms with Crippen LogP contribution in [-0.2, 0) is 6.54 Å². The summed E-state index contributed by atoms with van der Waals surface area (Å²) in [5.41, 5.74) is 7.98. The third-order valence-corrected chi connectivity index (χ3v) is 3.27. The molecule has 1 aliphatic heterocycles. The van der Waals surface area contributed by atoms with E-state index in [2.05, 4.69) is 29.8 Å². The highest BCUT2D eigenvalue weighted by atomic mass is 15.2. The number of rotatable bonds is 2. The first-order chi connectivity index (χ1) is 7.70. The zero-order valence-electron chi connectivity index (χ0n) is 10.2. The summed E-state index contributed by atoms with van der Waals surface area (Å²) in [5.74, 6) is 1.52. The van der Waals surface area contributed by atoms with Crippen LogP contribution < -0.4 is 10.6 Å². The van der Waals surface area contributed by atoms with Crippen molar-refractivity contribution in [2.45, 2.75) is 26.8 Å². The van der Waals surface area contributed by atoms with E-state index in [1.807, 2.05) is 12.3 Å². The summed E-state index contributed by atoms with van der Waals surface area (Å²) in [6.07, 6.45) is 3.15. The van der Waals surface area contributed by atoms with E-state index in [1.165, 1.54) is 12.1 Å². The van der Waals surface area contributed by atoms with Gasteiger partial charge in [0.2, 0.25) is 0 Å². The van der Waals surface area contributed by atoms with E-state index < -0.39 is 0 Å². The van der Waals surface area contributed by atoms with E-state index in [9.17, 15) is 0 Å². The highest BCUT2D eigenvalue weighted by Crippen LogP contribution is 2.27. The molecule has 2 heterocycles. The molecule has 0 amide bonds. The summed E-state index contributed by atoms with van der Waals surface area (Å²) in [4.78, 5) is 6.79. The first-order valence-corrected chi connectivity index (χ1v) is 6.09. The van der Waals surface area contributed by atoms with Crippen molar-refractivity contribution in [3.05, 3.63) is 24.0 Å². The summed E-state index contributed by atoms with van der Waals surface area (Å²) in [7, 11) is 0. The van der Waals surface area contributed by atoms with E-state index in [1.54, 1.807) is 0 Å². The quantitative estimate of drug-likeness (QED) is 0.827. The lowest BCUT2D eigenvalue weighted by atomic mass is 9.91. The van der Waals surface area contributed by atoms with Gasteiger partial charge in [0, 0.05) is 25.8 Å². The maximum Gasteiger partial charge on any atom is 0.0772 e. The van der Waals surface area contributed by atoms with Crippen molar-refractivity contribution in [3.63, 3.8) is 0 Å². The molecule has 1 aliphatic rings. The third kappa shape index (κ3) is 2.35. The number of aromatic nitrogens is 1. The van der Waals surface area contributed by atoms with Gasteiger partial charge in [0.05, 0.1) is 11.4 Å². The molecule has 88 valence electrons. The summed E-state index contributed by atoms with van der Waals surface area (Å²) in [6.45, 7) is 7.42. The van der Waals surface area contributed by atoms with Gasteiger partial charge < -0.3 is 10.6 Å². The smallest absolute Gasteiger partial charge is 0.0772 e. The lowest BCUT2D eigenvalue weighted by Crippen LogP contribution is -2.39. The van der Waals surface area contributed by atoms with Gasteiger partial charge in [-0.25, -0.2) is 0 Å². The zero-order valence-corrected chi connectivity index (χ0v) is 10.2. The Kier molecular flexibility index (Phi) is 3.44. The molecular weight excluding hydrogens is 198 g/mol. The minimum Gasteiger partial charge on any atom is -0.369 e. The molecule has 1 saturated heterocycles. The number of hydrogen-bond acceptors (Lipinski definition) is 3. The van der Waals surface area contributed by atoms with Gasteiger partial charge in [0.1, 0.15) is 0 Å². The van der Waals surface area contributed by atoms with Crippen molar-refractivity contribution in [2.24, 2.45) is 17.6 Å². The summed E-state index contributed by atoms with van der Waals surface area (Å²) >= 11 is 0. The van der Waals surface area contributed by atoms with Crippen molar-refractivity contribution in [3.8, 4) is 0 Å². The van der Waals surface area contributed by atoms with Crippen LogP contribution in [0.4, 0.5) is 5.69 Å². The molecule has 0 aliphatic carbocycles. The Morgan fingerprint density at radius 2 is 2.06 bits per heavy atom. The van der Waals surface area contributed by atoms with Gasteiger partial charge in [-0.05, 0) is 30.4 Å². The van der Waals surface area contributed by atoms with Crippen molar-refractivity contribution in [2.75, 3.05) is 18.0 Å². The fraction of sp³-hybridized carbons (Fsp3) is 0.615. The van der Waals surface area contributed by atoms with Gasteiger partial charge in [-0.15, -0.1) is 0 Å². The Labute approximate surface area is 97.7 Å². The minimum atomic E-state index is 0.523. The predicted molar refractivity (Wildman–Crippen MR) is 67.3 cm³/mol. The highest BCUT2D eigenvalue weighted by molar-refractivity contribution is 5.50. The van der Waals surface area contributed by atoms with Crippen LogP contribution in [-0.4, -0.2) is 18.1 Å². The first kappa shape index (κ1) is 11.4. The topological polar surface area (TPSA) is 42.2 Å². The second-order valence-corrected chi connectivity index (χ2v) is 5.02. The normalized spacial score (nSPS) is 25.8. The van der Waals surface area contributed by atoms with E-state index in [-0.39, 0.29) is 0 Å². The number of hydrogen-bond donors (Lipinski definition) is 1. The molecule has 0 bridgehead atoms. The number of nitrogens with two attached hydrogens (primary N) is 1. The Morgan fingerprint density at radius 3 is 2.69 bits per heavy atom. The third-order valence-electron chi connectivity index (χ3n) is 3.27. The van der Waals surface area contributed by atoms with Gasteiger partial charge in [-0.3, -0.25) is 4.98 Å². The largest absolute Gasteiger partial charge is 0.369 e. The average molecular weight is 219 g/mol. The second kappa shape index (κ2) is 4.83. The molecule has 0 spiro atoms. The molecule has 1 aromatic rings. The molecule has 3 heteroatoms. The van der Waals surface area contributed by atoms with Crippen LogP contribution in [0, 0.1) is 11.8 Å². The molecule has 2 N–H and O–H groups in total. The number of pyridine rings is 1. The summed E-state index contributed by atoms with van der Waals surface area (Å²) in [6, 6.07) is 4.14. The molecule has 0 saturated carbocycles. The van der Waals surface area contributed by atoms with Crippen LogP contribution in [0.25, 0.3) is 0 Å². The molecule has 16 heavy (non-hydrogen) atoms. The molecule has 2 atom stereocenters. The summed E-state index contributed by atoms with van der Waals surface area (Å²) in [5, 5.41) is 0. The fourth-order valence-electron chi connectivity index (χ4n) is 2.73. The monoisotopic (exact) mass is 219 g/mol. The molecular formula is C13H21N3. The van der Waals surface area contributed by atoms with Crippen molar-refractivity contribution < 1.29 is 0 Å². The molecule has 1 aromatic heterocycles. The Hall–Kier alpha value is -1.09. The second-order valence-electron chi connectivity index (χ2n) is 5.02. The first-order valence-electron chi connectivity index (χ1n) is 6.09. The Morgan fingerprint density at radius 1 is 1.38 bits per heavy atom. The maximum atomic E-state index is 5.74. The lowest BCUT2D eigenvalue weighted by molar-refractivity contribution is 0.356. The Balaban J connectivity index is 2.22. The minimum absolute atomic E-state index is 0.523. The average Bonchev–Trinajstić information content (AvgIpc) is 2.27. The van der Waals surface area contributed by atoms with Crippen molar-refractivity contribution in [1.82, 2.24) is 4.98 Å². The van der Waals surface area contributed by atoms with E-state index >= 15 is 0 Å². The molecule has 2 unspecified atom stereocenters. The van der Waals surface area contributed by atoms with Crippen LogP contribution in [0.5, 0.6) is 0 Å². The van der Waals surface area contributed by atoms with Crippen molar-refractivity contribution in [1.29, 1.82) is 0 Å². The zero-order chi connectivity index (χ0) is 11.5. The van der Waals surface area contributed by atoms with Crippen LogP contribution in [0.3, 0.4) is 0 Å². The lowest BCUT2D eigenvalue weighted by Gasteiger charge is -2.37. The number of piperidine rings is 1. The standard InChI is InChI=1S/C13H21N3/c1-10-6-11(2)9-16(8-10)13-4-3-5-15-12(13)7-14/h3-5,10-11H,6-9,14H2,1-2H3. The van der Waals surface area contributed by atoms with Crippen LogP contribution in [0.2, 0.25) is 0 Å². The molecule has 1 fully saturated rings. The van der Waals surface area contributed by atoms with Crippen molar-refractivity contribution >= 4 is 5.69 Å². The van der Waals surface area contributed by atoms with Gasteiger partial charge in [0.15, 0.2) is 0 Å². The van der Waals surface area contributed by atoms with Crippen LogP contribution >= 0.6 is 0 Å². The highest BCUT2D eigenvalue weighted by Gasteiger charge is 2.23. The molecule has 2 rings (SSSR count). The Bertz CT molecular complexity index is 341. The van der Waals surface area contributed by atoms with Gasteiger partial charge in [-0.1, -0.05) is 13.8 Å². The molecule has 3 nitrogen and oxygen atoms in total. The number of nitrogens with zero attached hydrogens (tertiary/aromatic N) is 2. The van der Waals surface area contributed by atoms with Gasteiger partial charge in [0.25, 0.3) is 0 Å². The number of anilines is 1. The van der Waals surface area contributed by atoms with Gasteiger partial charge >= 0.3 is 0 Å². The van der Waals surface area contributed by atoms with E-state index in [0.717, 1.165) is 30.6 Å². The predicted octanol–water partition coefficient (Wildman–Crippen LogP) is 2.02. The molecule has 0 aromatic carbocycles. The SMILES string of the molecule is CC1CC(C)CN(c2cccnc2CN)C1. The maximum absolute atomic E-state index is 5.74.